The number of benzene rings is 1. The first-order valence-electron chi connectivity index (χ1n) is 7.29. The van der Waals surface area contributed by atoms with Gasteiger partial charge in [-0.05, 0) is 50.4 Å². The van der Waals surface area contributed by atoms with Crippen molar-refractivity contribution < 1.29 is 0 Å². The smallest absolute Gasteiger partial charge is 0.0401 e. The van der Waals surface area contributed by atoms with E-state index in [2.05, 4.69) is 55.3 Å². The number of rotatable bonds is 5. The first-order valence-corrected chi connectivity index (χ1v) is 7.29. The maximum absolute atomic E-state index is 3.47. The molecule has 2 nitrogen and oxygen atoms in total. The average Bonchev–Trinajstić information content (AvgIpc) is 2.43. The van der Waals surface area contributed by atoms with Gasteiger partial charge in [0.05, 0.1) is 0 Å². The number of nitrogens with zero attached hydrogens (tertiary/aromatic N) is 1. The Morgan fingerprint density at radius 3 is 2.83 bits per heavy atom. The zero-order valence-electron chi connectivity index (χ0n) is 11.9. The van der Waals surface area contributed by atoms with Crippen LogP contribution in [0.3, 0.4) is 0 Å². The normalized spacial score (nSPS) is 18.3. The van der Waals surface area contributed by atoms with Crippen molar-refractivity contribution in [2.45, 2.75) is 39.7 Å². The Morgan fingerprint density at radius 1 is 1.28 bits per heavy atom. The lowest BCUT2D eigenvalue weighted by atomic mass is 9.95. The van der Waals surface area contributed by atoms with Crippen molar-refractivity contribution in [3.63, 3.8) is 0 Å². The van der Waals surface area contributed by atoms with Gasteiger partial charge in [-0.15, -0.1) is 0 Å². The molecule has 1 heterocycles. The van der Waals surface area contributed by atoms with Gasteiger partial charge in [0, 0.05) is 18.3 Å². The van der Waals surface area contributed by atoms with Gasteiger partial charge in [-0.3, -0.25) is 0 Å². The summed E-state index contributed by atoms with van der Waals surface area (Å²) in [7, 11) is 0. The van der Waals surface area contributed by atoms with Crippen LogP contribution < -0.4 is 10.2 Å². The lowest BCUT2D eigenvalue weighted by molar-refractivity contribution is 0.418. The maximum atomic E-state index is 3.47. The summed E-state index contributed by atoms with van der Waals surface area (Å²) in [4.78, 5) is 2.60. The van der Waals surface area contributed by atoms with E-state index in [-0.39, 0.29) is 0 Å². The zero-order valence-corrected chi connectivity index (χ0v) is 11.9. The summed E-state index contributed by atoms with van der Waals surface area (Å²) < 4.78 is 0. The van der Waals surface area contributed by atoms with Crippen molar-refractivity contribution >= 4 is 5.69 Å². The highest BCUT2D eigenvalue weighted by atomic mass is 15.2. The van der Waals surface area contributed by atoms with Crippen LogP contribution in [0.5, 0.6) is 0 Å². The lowest BCUT2D eigenvalue weighted by Crippen LogP contribution is -2.43. The number of nitrogens with one attached hydrogen (secondary N) is 1. The van der Waals surface area contributed by atoms with E-state index in [9.17, 15) is 0 Å². The summed E-state index contributed by atoms with van der Waals surface area (Å²) >= 11 is 0. The van der Waals surface area contributed by atoms with E-state index in [1.54, 1.807) is 0 Å². The minimum atomic E-state index is 0.602. The third-order valence-corrected chi connectivity index (χ3v) is 4.18. The highest BCUT2D eigenvalue weighted by Gasteiger charge is 2.24. The van der Waals surface area contributed by atoms with E-state index in [1.165, 1.54) is 30.6 Å². The van der Waals surface area contributed by atoms with Crippen molar-refractivity contribution in [3.8, 4) is 0 Å². The molecule has 18 heavy (non-hydrogen) atoms. The molecule has 2 unspecified atom stereocenters. The second kappa shape index (κ2) is 6.24. The third-order valence-electron chi connectivity index (χ3n) is 4.18. The van der Waals surface area contributed by atoms with Gasteiger partial charge in [0.2, 0.25) is 0 Å². The molecule has 1 aliphatic rings. The number of para-hydroxylation sites is 1. The quantitative estimate of drug-likeness (QED) is 0.859. The molecular weight excluding hydrogens is 220 g/mol. The van der Waals surface area contributed by atoms with Gasteiger partial charge in [-0.1, -0.05) is 32.0 Å². The van der Waals surface area contributed by atoms with Crippen molar-refractivity contribution in [2.75, 3.05) is 24.5 Å². The summed E-state index contributed by atoms with van der Waals surface area (Å²) in [5.41, 5.74) is 2.98. The zero-order chi connectivity index (χ0) is 13.0. The van der Waals surface area contributed by atoms with E-state index in [1.807, 2.05) is 0 Å². The van der Waals surface area contributed by atoms with Gasteiger partial charge in [0.15, 0.2) is 0 Å². The molecule has 0 fully saturated rings. The van der Waals surface area contributed by atoms with Gasteiger partial charge in [-0.25, -0.2) is 0 Å². The molecule has 0 radical (unpaired) electrons. The largest absolute Gasteiger partial charge is 0.368 e. The van der Waals surface area contributed by atoms with Crippen molar-refractivity contribution in [1.29, 1.82) is 0 Å². The Bertz CT molecular complexity index is 375. The van der Waals surface area contributed by atoms with Crippen LogP contribution in [0.25, 0.3) is 0 Å². The first kappa shape index (κ1) is 13.4. The first-order chi connectivity index (χ1) is 8.74. The van der Waals surface area contributed by atoms with Crippen molar-refractivity contribution in [2.24, 2.45) is 5.92 Å². The Labute approximate surface area is 111 Å². The van der Waals surface area contributed by atoms with Crippen LogP contribution in [0.15, 0.2) is 24.3 Å². The Kier molecular flexibility index (Phi) is 4.65. The molecule has 2 rings (SSSR count). The Morgan fingerprint density at radius 2 is 2.06 bits per heavy atom. The number of aryl methyl sites for hydroxylation is 1. The van der Waals surface area contributed by atoms with Crippen LogP contribution in [-0.4, -0.2) is 25.7 Å². The van der Waals surface area contributed by atoms with Crippen LogP contribution in [0, 0.1) is 5.92 Å². The molecule has 1 N–H and O–H groups in total. The number of hydrogen-bond acceptors (Lipinski definition) is 2. The van der Waals surface area contributed by atoms with Crippen molar-refractivity contribution in [3.05, 3.63) is 29.8 Å². The van der Waals surface area contributed by atoms with E-state index in [4.69, 9.17) is 0 Å². The Hall–Kier alpha value is -1.02. The molecule has 0 bridgehead atoms. The van der Waals surface area contributed by atoms with Crippen LogP contribution in [-0.2, 0) is 6.42 Å². The van der Waals surface area contributed by atoms with Gasteiger partial charge < -0.3 is 10.2 Å². The van der Waals surface area contributed by atoms with Crippen molar-refractivity contribution in [1.82, 2.24) is 5.32 Å². The molecule has 2 atom stereocenters. The molecule has 0 saturated carbocycles. The Balaban J connectivity index is 2.09. The van der Waals surface area contributed by atoms with Crippen LogP contribution in [0.2, 0.25) is 0 Å². The third kappa shape index (κ3) is 2.86. The van der Waals surface area contributed by atoms with Gasteiger partial charge >= 0.3 is 0 Å². The maximum Gasteiger partial charge on any atom is 0.0401 e. The standard InChI is InChI=1S/C16H26N2/c1-4-17-12-13(2)14(3)18-11-7-9-15-8-5-6-10-16(15)18/h5-6,8,10,13-14,17H,4,7,9,11-12H2,1-3H3. The second-order valence-corrected chi connectivity index (χ2v) is 5.45. The van der Waals surface area contributed by atoms with E-state index < -0.39 is 0 Å². The number of fused-ring (bicyclic) bond motifs is 1. The minimum Gasteiger partial charge on any atom is -0.368 e. The fraction of sp³-hybridized carbons (Fsp3) is 0.625. The number of anilines is 1. The van der Waals surface area contributed by atoms with Gasteiger partial charge in [0.25, 0.3) is 0 Å². The fourth-order valence-corrected chi connectivity index (χ4v) is 2.84. The predicted octanol–water partition coefficient (Wildman–Crippen LogP) is 3.07. The summed E-state index contributed by atoms with van der Waals surface area (Å²) in [5, 5.41) is 3.47. The highest BCUT2D eigenvalue weighted by Crippen LogP contribution is 2.30. The summed E-state index contributed by atoms with van der Waals surface area (Å²) in [6, 6.07) is 9.49. The van der Waals surface area contributed by atoms with E-state index >= 15 is 0 Å². The molecule has 1 aromatic carbocycles. The summed E-state index contributed by atoms with van der Waals surface area (Å²) in [6.45, 7) is 10.3. The SMILES string of the molecule is CCNCC(C)C(C)N1CCCc2ccccc21. The summed E-state index contributed by atoms with van der Waals surface area (Å²) in [6.07, 6.45) is 2.52. The molecule has 2 heteroatoms. The number of hydrogen-bond donors (Lipinski definition) is 1. The second-order valence-electron chi connectivity index (χ2n) is 5.45. The molecule has 100 valence electrons. The van der Waals surface area contributed by atoms with E-state index in [0.717, 1.165) is 13.1 Å². The molecule has 1 aromatic rings. The molecular formula is C16H26N2. The van der Waals surface area contributed by atoms with E-state index in [0.29, 0.717) is 12.0 Å². The molecule has 0 aliphatic carbocycles. The predicted molar refractivity (Wildman–Crippen MR) is 79.3 cm³/mol. The van der Waals surface area contributed by atoms with Gasteiger partial charge in [-0.2, -0.15) is 0 Å². The molecule has 0 spiro atoms. The van der Waals surface area contributed by atoms with Crippen LogP contribution >= 0.6 is 0 Å². The molecule has 0 amide bonds. The topological polar surface area (TPSA) is 15.3 Å². The minimum absolute atomic E-state index is 0.602. The fourth-order valence-electron chi connectivity index (χ4n) is 2.84. The molecule has 1 aliphatic heterocycles. The van der Waals surface area contributed by atoms with Crippen LogP contribution in [0.4, 0.5) is 5.69 Å². The molecule has 0 aromatic heterocycles. The monoisotopic (exact) mass is 246 g/mol. The summed E-state index contributed by atoms with van der Waals surface area (Å²) in [5.74, 6) is 0.677. The van der Waals surface area contributed by atoms with Gasteiger partial charge in [0.1, 0.15) is 0 Å². The lowest BCUT2D eigenvalue weighted by Gasteiger charge is -2.39. The average molecular weight is 246 g/mol. The highest BCUT2D eigenvalue weighted by molar-refractivity contribution is 5.56. The van der Waals surface area contributed by atoms with Crippen LogP contribution in [0.1, 0.15) is 32.8 Å². The molecule has 0 saturated heterocycles.